The summed E-state index contributed by atoms with van der Waals surface area (Å²) in [5.41, 5.74) is 1.12. The van der Waals surface area contributed by atoms with Gasteiger partial charge in [-0.3, -0.25) is 14.6 Å². The molecule has 158 valence electrons. The third-order valence-electron chi connectivity index (χ3n) is 5.73. The van der Waals surface area contributed by atoms with Crippen LogP contribution in [0.15, 0.2) is 48.8 Å². The van der Waals surface area contributed by atoms with E-state index in [4.69, 9.17) is 4.74 Å². The van der Waals surface area contributed by atoms with Crippen molar-refractivity contribution >= 4 is 11.8 Å². The number of hydrogen-bond donors (Lipinski definition) is 1. The van der Waals surface area contributed by atoms with Crippen LogP contribution in [0, 0.1) is 0 Å². The highest BCUT2D eigenvalue weighted by molar-refractivity contribution is 5.97. The van der Waals surface area contributed by atoms with Gasteiger partial charge in [0.1, 0.15) is 11.9 Å². The SMILES string of the molecule is O=C(c1cccnc1)N1CCC(Oc2ccccc2C(=O)N2CCCC(O)C2)CC1. The van der Waals surface area contributed by atoms with Crippen molar-refractivity contribution in [2.24, 2.45) is 0 Å². The molecule has 4 rings (SSSR count). The third kappa shape index (κ3) is 4.62. The van der Waals surface area contributed by atoms with E-state index in [-0.39, 0.29) is 17.9 Å². The fraction of sp³-hybridized carbons (Fsp3) is 0.435. The Morgan fingerprint density at radius 2 is 1.77 bits per heavy atom. The molecule has 1 unspecified atom stereocenters. The van der Waals surface area contributed by atoms with Crippen LogP contribution in [-0.4, -0.2) is 70.1 Å². The van der Waals surface area contributed by atoms with E-state index in [1.54, 1.807) is 35.5 Å². The van der Waals surface area contributed by atoms with Gasteiger partial charge < -0.3 is 19.6 Å². The number of benzene rings is 1. The van der Waals surface area contributed by atoms with E-state index in [0.717, 1.165) is 12.8 Å². The molecule has 7 nitrogen and oxygen atoms in total. The van der Waals surface area contributed by atoms with Crippen LogP contribution >= 0.6 is 0 Å². The second-order valence-electron chi connectivity index (χ2n) is 7.89. The van der Waals surface area contributed by atoms with Gasteiger partial charge >= 0.3 is 0 Å². The number of hydrogen-bond acceptors (Lipinski definition) is 5. The monoisotopic (exact) mass is 409 g/mol. The number of amides is 2. The summed E-state index contributed by atoms with van der Waals surface area (Å²) in [6, 6.07) is 10.8. The Bertz CT molecular complexity index is 881. The Labute approximate surface area is 176 Å². The van der Waals surface area contributed by atoms with Gasteiger partial charge in [-0.05, 0) is 37.1 Å². The maximum atomic E-state index is 13.0. The molecule has 1 aromatic heterocycles. The average Bonchev–Trinajstić information content (AvgIpc) is 2.79. The number of carbonyl (C=O) groups is 2. The van der Waals surface area contributed by atoms with E-state index in [1.807, 2.05) is 23.1 Å². The second kappa shape index (κ2) is 9.26. The van der Waals surface area contributed by atoms with Crippen LogP contribution in [0.1, 0.15) is 46.4 Å². The van der Waals surface area contributed by atoms with Crippen LogP contribution in [0.25, 0.3) is 0 Å². The molecule has 0 radical (unpaired) electrons. The first kappa shape index (κ1) is 20.3. The van der Waals surface area contributed by atoms with Crippen LogP contribution in [0.2, 0.25) is 0 Å². The zero-order chi connectivity index (χ0) is 20.9. The van der Waals surface area contributed by atoms with E-state index in [2.05, 4.69) is 4.98 Å². The predicted octanol–water partition coefficient (Wildman–Crippen LogP) is 2.36. The lowest BCUT2D eigenvalue weighted by Crippen LogP contribution is -2.43. The van der Waals surface area contributed by atoms with Gasteiger partial charge in [0.25, 0.3) is 11.8 Å². The van der Waals surface area contributed by atoms with Crippen molar-refractivity contribution in [3.05, 3.63) is 59.9 Å². The van der Waals surface area contributed by atoms with Gasteiger partial charge in [-0.15, -0.1) is 0 Å². The molecule has 3 heterocycles. The van der Waals surface area contributed by atoms with Gasteiger partial charge in [-0.25, -0.2) is 0 Å². The fourth-order valence-electron chi connectivity index (χ4n) is 4.08. The molecule has 0 spiro atoms. The molecule has 1 atom stereocenters. The second-order valence-corrected chi connectivity index (χ2v) is 7.89. The number of aromatic nitrogens is 1. The van der Waals surface area contributed by atoms with E-state index in [0.29, 0.717) is 55.9 Å². The van der Waals surface area contributed by atoms with E-state index < -0.39 is 6.10 Å². The molecule has 2 aliphatic heterocycles. The van der Waals surface area contributed by atoms with Crippen LogP contribution in [0.4, 0.5) is 0 Å². The molecule has 2 amide bonds. The Kier molecular flexibility index (Phi) is 6.28. The van der Waals surface area contributed by atoms with Crippen LogP contribution in [-0.2, 0) is 0 Å². The van der Waals surface area contributed by atoms with E-state index in [9.17, 15) is 14.7 Å². The first-order valence-electron chi connectivity index (χ1n) is 10.5. The average molecular weight is 409 g/mol. The highest BCUT2D eigenvalue weighted by Gasteiger charge is 2.28. The minimum absolute atomic E-state index is 0.0132. The van der Waals surface area contributed by atoms with E-state index >= 15 is 0 Å². The number of nitrogens with zero attached hydrogens (tertiary/aromatic N) is 3. The zero-order valence-electron chi connectivity index (χ0n) is 16.9. The van der Waals surface area contributed by atoms with Gasteiger partial charge in [0.2, 0.25) is 0 Å². The van der Waals surface area contributed by atoms with Gasteiger partial charge in [-0.2, -0.15) is 0 Å². The number of piperidine rings is 2. The van der Waals surface area contributed by atoms with Crippen molar-refractivity contribution in [1.29, 1.82) is 0 Å². The minimum atomic E-state index is -0.461. The molecule has 0 bridgehead atoms. The molecule has 30 heavy (non-hydrogen) atoms. The molecule has 2 saturated heterocycles. The lowest BCUT2D eigenvalue weighted by atomic mass is 10.0. The molecule has 0 saturated carbocycles. The number of carbonyl (C=O) groups excluding carboxylic acids is 2. The standard InChI is InChI=1S/C23H27N3O4/c27-18-6-4-12-26(16-18)23(29)20-7-1-2-8-21(20)30-19-9-13-25(14-10-19)22(28)17-5-3-11-24-15-17/h1-3,5,7-8,11,15,18-19,27H,4,6,9-10,12-14,16H2. The minimum Gasteiger partial charge on any atom is -0.489 e. The van der Waals surface area contributed by atoms with Crippen molar-refractivity contribution in [3.63, 3.8) is 0 Å². The Hall–Kier alpha value is -2.93. The normalized spacial score (nSPS) is 20.1. The maximum absolute atomic E-state index is 13.0. The molecular formula is C23H27N3O4. The molecule has 2 aromatic rings. The maximum Gasteiger partial charge on any atom is 0.257 e. The predicted molar refractivity (Wildman–Crippen MR) is 111 cm³/mol. The fourth-order valence-corrected chi connectivity index (χ4v) is 4.08. The molecule has 1 aromatic carbocycles. The summed E-state index contributed by atoms with van der Waals surface area (Å²) in [6.07, 6.45) is 5.68. The van der Waals surface area contributed by atoms with Gasteiger partial charge in [-0.1, -0.05) is 12.1 Å². The third-order valence-corrected chi connectivity index (χ3v) is 5.73. The molecule has 2 aliphatic rings. The van der Waals surface area contributed by atoms with Gasteiger partial charge in [0.15, 0.2) is 0 Å². The molecule has 1 N–H and O–H groups in total. The van der Waals surface area contributed by atoms with Crippen LogP contribution in [0.5, 0.6) is 5.75 Å². The number of aliphatic hydroxyl groups is 1. The summed E-state index contributed by atoms with van der Waals surface area (Å²) < 4.78 is 6.20. The number of para-hydroxylation sites is 1. The number of rotatable bonds is 4. The Morgan fingerprint density at radius 1 is 0.967 bits per heavy atom. The lowest BCUT2D eigenvalue weighted by molar-refractivity contribution is 0.0462. The quantitative estimate of drug-likeness (QED) is 0.838. The smallest absolute Gasteiger partial charge is 0.257 e. The summed E-state index contributed by atoms with van der Waals surface area (Å²) in [4.78, 5) is 33.1. The number of pyridine rings is 1. The Morgan fingerprint density at radius 3 is 2.50 bits per heavy atom. The molecular weight excluding hydrogens is 382 g/mol. The summed E-state index contributed by atoms with van der Waals surface area (Å²) in [7, 11) is 0. The first-order chi connectivity index (χ1) is 14.6. The summed E-state index contributed by atoms with van der Waals surface area (Å²) >= 11 is 0. The van der Waals surface area contributed by atoms with Crippen LogP contribution in [0.3, 0.4) is 0 Å². The highest BCUT2D eigenvalue weighted by Crippen LogP contribution is 2.26. The molecule has 0 aliphatic carbocycles. The molecule has 7 heteroatoms. The highest BCUT2D eigenvalue weighted by atomic mass is 16.5. The lowest BCUT2D eigenvalue weighted by Gasteiger charge is -2.33. The number of ether oxygens (including phenoxy) is 1. The number of aliphatic hydroxyl groups excluding tert-OH is 1. The number of likely N-dealkylation sites (tertiary alicyclic amines) is 2. The summed E-state index contributed by atoms with van der Waals surface area (Å²) in [5.74, 6) is 0.453. The van der Waals surface area contributed by atoms with Crippen molar-refractivity contribution in [2.45, 2.75) is 37.9 Å². The van der Waals surface area contributed by atoms with Gasteiger partial charge in [0.05, 0.1) is 17.2 Å². The van der Waals surface area contributed by atoms with Crippen molar-refractivity contribution in [3.8, 4) is 5.75 Å². The summed E-state index contributed by atoms with van der Waals surface area (Å²) in [6.45, 7) is 2.22. The van der Waals surface area contributed by atoms with Crippen LogP contribution < -0.4 is 4.74 Å². The Balaban J connectivity index is 1.38. The topological polar surface area (TPSA) is 83.0 Å². The summed E-state index contributed by atoms with van der Waals surface area (Å²) in [5, 5.41) is 9.90. The van der Waals surface area contributed by atoms with Crippen molar-refractivity contribution < 1.29 is 19.4 Å². The van der Waals surface area contributed by atoms with Crippen molar-refractivity contribution in [1.82, 2.24) is 14.8 Å². The van der Waals surface area contributed by atoms with Crippen molar-refractivity contribution in [2.75, 3.05) is 26.2 Å². The zero-order valence-corrected chi connectivity index (χ0v) is 16.9. The van der Waals surface area contributed by atoms with E-state index in [1.165, 1.54) is 0 Å². The molecule has 2 fully saturated rings. The largest absolute Gasteiger partial charge is 0.489 e. The number of β-amino-alcohol motifs (C(OH)–C–C–N with tert-alkyl or cyclic N) is 1. The first-order valence-corrected chi connectivity index (χ1v) is 10.5. The van der Waals surface area contributed by atoms with Gasteiger partial charge in [0, 0.05) is 51.4 Å².